The van der Waals surface area contributed by atoms with Crippen LogP contribution < -0.4 is 30.9 Å². The number of anilines is 1. The summed E-state index contributed by atoms with van der Waals surface area (Å²) in [6.45, 7) is 0.182. The minimum atomic E-state index is -4.41. The molecule has 12 heteroatoms. The number of ether oxygens (including phenoxy) is 1. The standard InChI is InChI=1S/C30H38F3N5O3S/c31-30(32,33)24-17-20(19-34-29(24)15-8-3-1-2-4-9-16-29)26(39)36-28-25(37-38-42-28)27(40)35-21-11-10-14-23(18-21)41-22-12-6-5-7-13-22/h5-7,10-14,18,20,24-25,28,34,37-38H,1-4,8-9,15-17,19H2,(H,35,40)(H,36,39). The fraction of sp³-hybridized carbons (Fsp3) is 0.533. The molecule has 2 amide bonds. The molecule has 4 unspecified atom stereocenters. The van der Waals surface area contributed by atoms with Gasteiger partial charge in [0, 0.05) is 23.8 Å². The number of amides is 2. The lowest BCUT2D eigenvalue weighted by atomic mass is 9.69. The largest absolute Gasteiger partial charge is 0.457 e. The third-order valence-electron chi connectivity index (χ3n) is 8.50. The first-order chi connectivity index (χ1) is 20.2. The predicted molar refractivity (Wildman–Crippen MR) is 156 cm³/mol. The van der Waals surface area contributed by atoms with Crippen LogP contribution in [0.4, 0.5) is 18.9 Å². The number of carbonyl (C=O) groups excluding carboxylic acids is 2. The number of halogens is 3. The van der Waals surface area contributed by atoms with Crippen LogP contribution in [0.2, 0.25) is 0 Å². The summed E-state index contributed by atoms with van der Waals surface area (Å²) < 4.78 is 49.1. The van der Waals surface area contributed by atoms with E-state index in [0.29, 0.717) is 30.0 Å². The molecule has 5 N–H and O–H groups in total. The van der Waals surface area contributed by atoms with Crippen LogP contribution in [0.5, 0.6) is 11.5 Å². The molecule has 1 spiro atoms. The Hall–Kier alpha value is -2.80. The normalized spacial score (nSPS) is 26.5. The molecule has 4 atom stereocenters. The minimum Gasteiger partial charge on any atom is -0.457 e. The minimum absolute atomic E-state index is 0.182. The highest BCUT2D eigenvalue weighted by Gasteiger charge is 2.56. The van der Waals surface area contributed by atoms with Crippen molar-refractivity contribution in [1.82, 2.24) is 20.9 Å². The lowest BCUT2D eigenvalue weighted by molar-refractivity contribution is -0.210. The zero-order valence-corrected chi connectivity index (χ0v) is 24.2. The third kappa shape index (κ3) is 7.58. The monoisotopic (exact) mass is 605 g/mol. The topological polar surface area (TPSA) is 104 Å². The number of benzene rings is 2. The van der Waals surface area contributed by atoms with E-state index < -0.39 is 46.8 Å². The van der Waals surface area contributed by atoms with E-state index in [2.05, 4.69) is 26.2 Å². The SMILES string of the molecule is O=C(NC1SNNC1C(=O)Nc1cccc(Oc2ccccc2)c1)C1CNC2(CCCCCCCC2)C(C(F)(F)F)C1. The van der Waals surface area contributed by atoms with Gasteiger partial charge in [-0.2, -0.15) is 18.0 Å². The van der Waals surface area contributed by atoms with E-state index in [1.54, 1.807) is 24.3 Å². The van der Waals surface area contributed by atoms with Gasteiger partial charge in [0.05, 0.1) is 11.8 Å². The molecule has 5 rings (SSSR count). The summed E-state index contributed by atoms with van der Waals surface area (Å²) in [6.07, 6.45) is 1.76. The van der Waals surface area contributed by atoms with E-state index in [0.717, 1.165) is 50.5 Å². The van der Waals surface area contributed by atoms with Gasteiger partial charge in [-0.3, -0.25) is 9.59 Å². The Morgan fingerprint density at radius 2 is 1.60 bits per heavy atom. The average Bonchev–Trinajstić information content (AvgIpc) is 3.46. The summed E-state index contributed by atoms with van der Waals surface area (Å²) >= 11 is 1.10. The van der Waals surface area contributed by atoms with Crippen molar-refractivity contribution in [2.75, 3.05) is 11.9 Å². The van der Waals surface area contributed by atoms with Crippen LogP contribution in [0.25, 0.3) is 0 Å². The Morgan fingerprint density at radius 1 is 0.905 bits per heavy atom. The zero-order valence-electron chi connectivity index (χ0n) is 23.3. The van der Waals surface area contributed by atoms with Gasteiger partial charge >= 0.3 is 6.18 Å². The first kappa shape index (κ1) is 30.7. The molecule has 2 aliphatic heterocycles. The van der Waals surface area contributed by atoms with Gasteiger partial charge in [-0.05, 0) is 55.5 Å². The Balaban J connectivity index is 1.20. The first-order valence-corrected chi connectivity index (χ1v) is 15.5. The molecule has 0 bridgehead atoms. The highest BCUT2D eigenvalue weighted by Crippen LogP contribution is 2.47. The van der Waals surface area contributed by atoms with Gasteiger partial charge in [-0.25, -0.2) is 5.43 Å². The molecule has 0 radical (unpaired) electrons. The third-order valence-corrected chi connectivity index (χ3v) is 9.38. The van der Waals surface area contributed by atoms with Crippen molar-refractivity contribution in [3.63, 3.8) is 0 Å². The van der Waals surface area contributed by atoms with E-state index >= 15 is 0 Å². The van der Waals surface area contributed by atoms with Crippen LogP contribution in [0, 0.1) is 11.8 Å². The molecule has 2 heterocycles. The second-order valence-electron chi connectivity index (χ2n) is 11.4. The fourth-order valence-corrected chi connectivity index (χ4v) is 7.11. The lowest BCUT2D eigenvalue weighted by Gasteiger charge is -2.48. The maximum atomic E-state index is 14.4. The Kier molecular flexibility index (Phi) is 9.97. The molecule has 3 fully saturated rings. The number of alkyl halides is 3. The molecule has 2 aromatic rings. The van der Waals surface area contributed by atoms with Crippen LogP contribution in [0.15, 0.2) is 54.6 Å². The van der Waals surface area contributed by atoms with Gasteiger partial charge in [-0.1, -0.05) is 62.8 Å². The average molecular weight is 606 g/mol. The Labute approximate surface area is 248 Å². The molecule has 42 heavy (non-hydrogen) atoms. The van der Waals surface area contributed by atoms with E-state index in [1.165, 1.54) is 0 Å². The quantitative estimate of drug-likeness (QED) is 0.272. The lowest BCUT2D eigenvalue weighted by Crippen LogP contribution is -2.63. The molecule has 2 aromatic carbocycles. The smallest absolute Gasteiger partial charge is 0.393 e. The number of hydrogen-bond donors (Lipinski definition) is 5. The Bertz CT molecular complexity index is 1210. The zero-order chi connectivity index (χ0) is 29.6. The molecule has 0 aromatic heterocycles. The molecule has 2 saturated heterocycles. The van der Waals surface area contributed by atoms with E-state index in [4.69, 9.17) is 4.74 Å². The maximum Gasteiger partial charge on any atom is 0.393 e. The fourth-order valence-electron chi connectivity index (χ4n) is 6.29. The predicted octanol–water partition coefficient (Wildman–Crippen LogP) is 5.65. The van der Waals surface area contributed by atoms with Gasteiger partial charge in [0.25, 0.3) is 0 Å². The number of nitrogens with one attached hydrogen (secondary N) is 5. The summed E-state index contributed by atoms with van der Waals surface area (Å²) in [5.41, 5.74) is 2.33. The van der Waals surface area contributed by atoms with Crippen LogP contribution in [0.3, 0.4) is 0 Å². The molecule has 8 nitrogen and oxygen atoms in total. The first-order valence-electron chi connectivity index (χ1n) is 14.7. The highest BCUT2D eigenvalue weighted by molar-refractivity contribution is 7.98. The maximum absolute atomic E-state index is 14.4. The summed E-state index contributed by atoms with van der Waals surface area (Å²) in [6, 6.07) is 15.3. The van der Waals surface area contributed by atoms with Crippen LogP contribution in [-0.4, -0.2) is 41.5 Å². The van der Waals surface area contributed by atoms with Gasteiger partial charge < -0.3 is 20.7 Å². The number of hydrazine groups is 1. The number of piperidine rings is 1. The van der Waals surface area contributed by atoms with Crippen molar-refractivity contribution in [2.45, 2.75) is 80.9 Å². The number of para-hydroxylation sites is 1. The van der Waals surface area contributed by atoms with Crippen molar-refractivity contribution in [3.8, 4) is 11.5 Å². The van der Waals surface area contributed by atoms with Crippen molar-refractivity contribution >= 4 is 29.4 Å². The molecule has 228 valence electrons. The number of rotatable bonds is 6. The highest BCUT2D eigenvalue weighted by atomic mass is 32.2. The van der Waals surface area contributed by atoms with Crippen molar-refractivity contribution in [3.05, 3.63) is 54.6 Å². The molecular formula is C30H38F3N5O3S. The second-order valence-corrected chi connectivity index (χ2v) is 12.3. The Morgan fingerprint density at radius 3 is 2.31 bits per heavy atom. The van der Waals surface area contributed by atoms with Crippen molar-refractivity contribution < 1.29 is 27.5 Å². The van der Waals surface area contributed by atoms with E-state index in [9.17, 15) is 22.8 Å². The van der Waals surface area contributed by atoms with Gasteiger partial charge in [-0.15, -0.1) is 0 Å². The molecule has 1 aliphatic carbocycles. The second kappa shape index (κ2) is 13.7. The number of hydrogen-bond acceptors (Lipinski definition) is 7. The molecular weight excluding hydrogens is 567 g/mol. The summed E-state index contributed by atoms with van der Waals surface area (Å²) in [7, 11) is 0. The van der Waals surface area contributed by atoms with Crippen molar-refractivity contribution in [2.24, 2.45) is 11.8 Å². The molecule has 3 aliphatic rings. The number of carbonyl (C=O) groups is 2. The summed E-state index contributed by atoms with van der Waals surface area (Å²) in [4.78, 5) is 29.2. The molecule has 1 saturated carbocycles. The van der Waals surface area contributed by atoms with Gasteiger partial charge in [0.15, 0.2) is 0 Å². The van der Waals surface area contributed by atoms with E-state index in [1.807, 2.05) is 30.3 Å². The van der Waals surface area contributed by atoms with Crippen LogP contribution >= 0.6 is 11.9 Å². The summed E-state index contributed by atoms with van der Waals surface area (Å²) in [5, 5.41) is 8.14. The van der Waals surface area contributed by atoms with Gasteiger partial charge in [0.1, 0.15) is 22.9 Å². The van der Waals surface area contributed by atoms with Crippen molar-refractivity contribution in [1.29, 1.82) is 0 Å². The van der Waals surface area contributed by atoms with Crippen LogP contribution in [-0.2, 0) is 9.59 Å². The van der Waals surface area contributed by atoms with Crippen LogP contribution in [0.1, 0.15) is 57.8 Å². The summed E-state index contributed by atoms with van der Waals surface area (Å²) in [5.74, 6) is -2.15. The van der Waals surface area contributed by atoms with E-state index in [-0.39, 0.29) is 13.0 Å². The van der Waals surface area contributed by atoms with Gasteiger partial charge in [0.2, 0.25) is 11.8 Å².